The van der Waals surface area contributed by atoms with Crippen LogP contribution in [0.25, 0.3) is 11.4 Å². The van der Waals surface area contributed by atoms with Gasteiger partial charge in [-0.05, 0) is 54.5 Å². The molecule has 1 fully saturated rings. The number of benzene rings is 2. The SMILES string of the molecule is COc1cccc(F)c1-c1nccc(C(=O)Cc2ccccc2C2CCC(N)C2)n1. The number of aromatic nitrogens is 2. The van der Waals surface area contributed by atoms with E-state index in [-0.39, 0.29) is 35.3 Å². The lowest BCUT2D eigenvalue weighted by molar-refractivity contribution is 0.0988. The molecule has 0 bridgehead atoms. The van der Waals surface area contributed by atoms with E-state index in [1.165, 1.54) is 24.9 Å². The van der Waals surface area contributed by atoms with Crippen molar-refractivity contribution in [2.75, 3.05) is 7.11 Å². The number of ketones is 1. The number of rotatable bonds is 6. The molecule has 154 valence electrons. The smallest absolute Gasteiger partial charge is 0.185 e. The Morgan fingerprint density at radius 3 is 2.77 bits per heavy atom. The highest BCUT2D eigenvalue weighted by Crippen LogP contribution is 2.36. The Kier molecular flexibility index (Phi) is 5.86. The fraction of sp³-hybridized carbons (Fsp3) is 0.292. The summed E-state index contributed by atoms with van der Waals surface area (Å²) in [4.78, 5) is 21.5. The van der Waals surface area contributed by atoms with Crippen LogP contribution in [0.1, 0.15) is 46.8 Å². The summed E-state index contributed by atoms with van der Waals surface area (Å²) < 4.78 is 19.6. The number of nitrogens with two attached hydrogens (primary N) is 1. The van der Waals surface area contributed by atoms with E-state index in [9.17, 15) is 9.18 Å². The normalized spacial score (nSPS) is 18.4. The van der Waals surface area contributed by atoms with Crippen LogP contribution in [0.3, 0.4) is 0 Å². The van der Waals surface area contributed by atoms with Crippen LogP contribution >= 0.6 is 0 Å². The quantitative estimate of drug-likeness (QED) is 0.618. The molecule has 30 heavy (non-hydrogen) atoms. The number of Topliss-reactive ketones (excluding diaryl/α,β-unsaturated/α-hetero) is 1. The molecule has 6 heteroatoms. The van der Waals surface area contributed by atoms with Gasteiger partial charge in [0.2, 0.25) is 0 Å². The van der Waals surface area contributed by atoms with E-state index >= 15 is 0 Å². The van der Waals surface area contributed by atoms with Crippen LogP contribution in [-0.4, -0.2) is 28.9 Å². The van der Waals surface area contributed by atoms with E-state index in [2.05, 4.69) is 16.0 Å². The Balaban J connectivity index is 1.62. The van der Waals surface area contributed by atoms with Crippen molar-refractivity contribution in [2.45, 2.75) is 37.6 Å². The molecule has 1 heterocycles. The van der Waals surface area contributed by atoms with Gasteiger partial charge in [-0.3, -0.25) is 4.79 Å². The molecule has 5 nitrogen and oxygen atoms in total. The minimum Gasteiger partial charge on any atom is -0.496 e. The van der Waals surface area contributed by atoms with E-state index in [0.717, 1.165) is 24.8 Å². The van der Waals surface area contributed by atoms with Crippen LogP contribution in [0.4, 0.5) is 4.39 Å². The second-order valence-corrected chi connectivity index (χ2v) is 7.65. The van der Waals surface area contributed by atoms with Gasteiger partial charge in [-0.2, -0.15) is 0 Å². The summed E-state index contributed by atoms with van der Waals surface area (Å²) in [5.74, 6) is 0.201. The number of hydrogen-bond donors (Lipinski definition) is 1. The monoisotopic (exact) mass is 405 g/mol. The average molecular weight is 405 g/mol. The molecule has 1 saturated carbocycles. The number of ether oxygens (including phenoxy) is 1. The van der Waals surface area contributed by atoms with Gasteiger partial charge in [0.05, 0.1) is 12.7 Å². The van der Waals surface area contributed by atoms with Gasteiger partial charge in [0, 0.05) is 18.7 Å². The molecular weight excluding hydrogens is 381 g/mol. The molecule has 1 aromatic heterocycles. The lowest BCUT2D eigenvalue weighted by Gasteiger charge is -2.15. The van der Waals surface area contributed by atoms with Crippen LogP contribution in [0.2, 0.25) is 0 Å². The van der Waals surface area contributed by atoms with Crippen molar-refractivity contribution < 1.29 is 13.9 Å². The Morgan fingerprint density at radius 1 is 1.17 bits per heavy atom. The zero-order valence-electron chi connectivity index (χ0n) is 16.8. The fourth-order valence-corrected chi connectivity index (χ4v) is 4.18. The zero-order chi connectivity index (χ0) is 21.1. The summed E-state index contributed by atoms with van der Waals surface area (Å²) in [7, 11) is 1.46. The maximum atomic E-state index is 14.4. The molecule has 2 aromatic carbocycles. The molecular formula is C24H24FN3O2. The van der Waals surface area contributed by atoms with E-state index < -0.39 is 5.82 Å². The molecule has 4 rings (SSSR count). The second kappa shape index (κ2) is 8.71. The second-order valence-electron chi connectivity index (χ2n) is 7.65. The molecule has 0 amide bonds. The van der Waals surface area contributed by atoms with Crippen molar-refractivity contribution in [3.05, 3.63) is 77.4 Å². The average Bonchev–Trinajstić information content (AvgIpc) is 3.20. The molecule has 0 saturated heterocycles. The van der Waals surface area contributed by atoms with Crippen molar-refractivity contribution in [3.8, 4) is 17.1 Å². The largest absolute Gasteiger partial charge is 0.496 e. The van der Waals surface area contributed by atoms with Gasteiger partial charge in [-0.1, -0.05) is 30.3 Å². The minimum atomic E-state index is -0.498. The lowest BCUT2D eigenvalue weighted by Crippen LogP contribution is -2.15. The van der Waals surface area contributed by atoms with Crippen molar-refractivity contribution in [1.82, 2.24) is 9.97 Å². The van der Waals surface area contributed by atoms with Crippen LogP contribution in [-0.2, 0) is 6.42 Å². The predicted molar refractivity (Wildman–Crippen MR) is 113 cm³/mol. The van der Waals surface area contributed by atoms with Gasteiger partial charge in [-0.25, -0.2) is 14.4 Å². The van der Waals surface area contributed by atoms with Gasteiger partial charge in [-0.15, -0.1) is 0 Å². The van der Waals surface area contributed by atoms with Crippen LogP contribution < -0.4 is 10.5 Å². The standard InChI is InChI=1S/C24H24FN3O2/c1-30-22-8-4-7-19(25)23(22)24-27-12-11-20(28-24)21(29)14-15-5-2-3-6-18(15)16-9-10-17(26)13-16/h2-8,11-12,16-17H,9-10,13-14,26H2,1H3. The van der Waals surface area contributed by atoms with E-state index in [0.29, 0.717) is 11.7 Å². The summed E-state index contributed by atoms with van der Waals surface area (Å²) >= 11 is 0. The number of methoxy groups -OCH3 is 1. The van der Waals surface area contributed by atoms with E-state index in [1.54, 1.807) is 18.2 Å². The summed E-state index contributed by atoms with van der Waals surface area (Å²) in [6, 6.07) is 14.3. The van der Waals surface area contributed by atoms with Gasteiger partial charge in [0.1, 0.15) is 17.3 Å². The van der Waals surface area contributed by atoms with Crippen molar-refractivity contribution >= 4 is 5.78 Å². The summed E-state index contributed by atoms with van der Waals surface area (Å²) in [5.41, 5.74) is 8.66. The van der Waals surface area contributed by atoms with E-state index in [1.807, 2.05) is 18.2 Å². The van der Waals surface area contributed by atoms with Gasteiger partial charge in [0.15, 0.2) is 11.6 Å². The molecule has 3 aromatic rings. The van der Waals surface area contributed by atoms with Crippen LogP contribution in [0, 0.1) is 5.82 Å². The van der Waals surface area contributed by atoms with Gasteiger partial charge < -0.3 is 10.5 Å². The van der Waals surface area contributed by atoms with Crippen LogP contribution in [0.15, 0.2) is 54.7 Å². The summed E-state index contributed by atoms with van der Waals surface area (Å²) in [6.07, 6.45) is 4.69. The molecule has 2 atom stereocenters. The Morgan fingerprint density at radius 2 is 2.00 bits per heavy atom. The highest BCUT2D eigenvalue weighted by Gasteiger charge is 2.25. The minimum absolute atomic E-state index is 0.130. The van der Waals surface area contributed by atoms with Gasteiger partial charge in [0.25, 0.3) is 0 Å². The topological polar surface area (TPSA) is 78.1 Å². The first-order chi connectivity index (χ1) is 14.6. The lowest BCUT2D eigenvalue weighted by atomic mass is 9.90. The van der Waals surface area contributed by atoms with Crippen molar-refractivity contribution in [1.29, 1.82) is 0 Å². The Hall–Kier alpha value is -3.12. The first kappa shape index (κ1) is 20.2. The maximum absolute atomic E-state index is 14.4. The highest BCUT2D eigenvalue weighted by atomic mass is 19.1. The number of nitrogens with zero attached hydrogens (tertiary/aromatic N) is 2. The highest BCUT2D eigenvalue weighted by molar-refractivity contribution is 5.96. The van der Waals surface area contributed by atoms with Crippen LogP contribution in [0.5, 0.6) is 5.75 Å². The summed E-state index contributed by atoms with van der Waals surface area (Å²) in [6.45, 7) is 0. The molecule has 1 aliphatic carbocycles. The zero-order valence-corrected chi connectivity index (χ0v) is 16.8. The number of hydrogen-bond acceptors (Lipinski definition) is 5. The fourth-order valence-electron chi connectivity index (χ4n) is 4.18. The van der Waals surface area contributed by atoms with Crippen molar-refractivity contribution in [2.24, 2.45) is 5.73 Å². The molecule has 1 aliphatic rings. The summed E-state index contributed by atoms with van der Waals surface area (Å²) in [5, 5.41) is 0. The molecule has 2 unspecified atom stereocenters. The predicted octanol–water partition coefficient (Wildman–Crippen LogP) is 4.31. The third kappa shape index (κ3) is 4.09. The molecule has 0 spiro atoms. The first-order valence-corrected chi connectivity index (χ1v) is 10.1. The van der Waals surface area contributed by atoms with Crippen molar-refractivity contribution in [3.63, 3.8) is 0 Å². The number of carbonyl (C=O) groups is 1. The third-order valence-electron chi connectivity index (χ3n) is 5.68. The molecule has 0 aliphatic heterocycles. The number of carbonyl (C=O) groups excluding carboxylic acids is 1. The molecule has 0 radical (unpaired) electrons. The molecule has 2 N–H and O–H groups in total. The number of halogens is 1. The van der Waals surface area contributed by atoms with E-state index in [4.69, 9.17) is 10.5 Å². The maximum Gasteiger partial charge on any atom is 0.185 e. The Bertz CT molecular complexity index is 1070. The third-order valence-corrected chi connectivity index (χ3v) is 5.68. The Labute approximate surface area is 175 Å². The van der Waals surface area contributed by atoms with Gasteiger partial charge >= 0.3 is 0 Å². The first-order valence-electron chi connectivity index (χ1n) is 10.1.